The minimum Gasteiger partial charge on any atom is -0.477 e. The second-order valence-electron chi connectivity index (χ2n) is 3.98. The van der Waals surface area contributed by atoms with Crippen LogP contribution in [0.25, 0.3) is 0 Å². The van der Waals surface area contributed by atoms with Crippen molar-refractivity contribution in [3.63, 3.8) is 0 Å². The van der Waals surface area contributed by atoms with E-state index in [4.69, 9.17) is 28.1 Å². The van der Waals surface area contributed by atoms with Crippen LogP contribution in [0.5, 0.6) is 5.75 Å². The lowest BCUT2D eigenvalue weighted by Crippen LogP contribution is -2.13. The number of terminal acetylenes is 1. The van der Waals surface area contributed by atoms with E-state index in [1.165, 1.54) is 19.2 Å². The Morgan fingerprint density at radius 3 is 2.65 bits per heavy atom. The minimum atomic E-state index is -3.47. The summed E-state index contributed by atoms with van der Waals surface area (Å²) in [4.78, 5) is 0.0310. The van der Waals surface area contributed by atoms with Gasteiger partial charge in [-0.25, -0.2) is 8.42 Å². The van der Waals surface area contributed by atoms with Crippen LogP contribution < -0.4 is 10.1 Å². The van der Waals surface area contributed by atoms with Crippen molar-refractivity contribution >= 4 is 32.9 Å². The average molecular weight is 313 g/mol. The van der Waals surface area contributed by atoms with Gasteiger partial charge in [0.2, 0.25) is 0 Å². The van der Waals surface area contributed by atoms with E-state index in [1.807, 2.05) is 0 Å². The number of nitrogens with one attached hydrogen (secondary N) is 1. The lowest BCUT2D eigenvalue weighted by molar-refractivity contribution is 0.272. The van der Waals surface area contributed by atoms with Crippen molar-refractivity contribution in [2.75, 3.05) is 18.7 Å². The fourth-order valence-electron chi connectivity index (χ4n) is 1.37. The molecule has 1 rings (SSSR count). The van der Waals surface area contributed by atoms with Crippen molar-refractivity contribution in [2.24, 2.45) is 0 Å². The molecular weight excluding hydrogens is 298 g/mol. The summed E-state index contributed by atoms with van der Waals surface area (Å²) in [5.74, 6) is 2.58. The number of hydrogen-bond donors (Lipinski definition) is 1. The van der Waals surface area contributed by atoms with E-state index in [0.717, 1.165) is 6.26 Å². The number of rotatable bonds is 4. The third-order valence-corrected chi connectivity index (χ3v) is 3.70. The van der Waals surface area contributed by atoms with E-state index in [1.54, 1.807) is 13.0 Å². The van der Waals surface area contributed by atoms with Gasteiger partial charge in [0.1, 0.15) is 10.6 Å². The molecule has 108 valence electrons. The predicted octanol–water partition coefficient (Wildman–Crippen LogP) is 1.83. The smallest absolute Gasteiger partial charge is 0.260 e. The molecule has 1 unspecified atom stereocenters. The van der Waals surface area contributed by atoms with Crippen LogP contribution >= 0.6 is 12.2 Å². The maximum Gasteiger partial charge on any atom is 0.260 e. The van der Waals surface area contributed by atoms with Gasteiger partial charge in [-0.1, -0.05) is 5.92 Å². The average Bonchev–Trinajstić information content (AvgIpc) is 2.38. The molecule has 7 heteroatoms. The fourth-order valence-corrected chi connectivity index (χ4v) is 2.31. The van der Waals surface area contributed by atoms with Crippen LogP contribution in [0.3, 0.4) is 0 Å². The van der Waals surface area contributed by atoms with Crippen molar-refractivity contribution in [2.45, 2.75) is 17.9 Å². The van der Waals surface area contributed by atoms with E-state index in [0.29, 0.717) is 5.69 Å². The molecule has 1 atom stereocenters. The molecule has 0 heterocycles. The van der Waals surface area contributed by atoms with Crippen LogP contribution in [-0.2, 0) is 14.6 Å². The van der Waals surface area contributed by atoms with Crippen LogP contribution in [0.2, 0.25) is 0 Å². The Hall–Kier alpha value is -1.78. The Balaban J connectivity index is 3.21. The zero-order valence-corrected chi connectivity index (χ0v) is 13.0. The summed E-state index contributed by atoms with van der Waals surface area (Å²) in [5.41, 5.74) is 0.484. The third-order valence-electron chi connectivity index (χ3n) is 2.31. The van der Waals surface area contributed by atoms with E-state index in [-0.39, 0.29) is 15.8 Å². The predicted molar refractivity (Wildman–Crippen MR) is 81.7 cm³/mol. The van der Waals surface area contributed by atoms with Gasteiger partial charge in [0.25, 0.3) is 5.17 Å². The molecule has 0 bridgehead atoms. The van der Waals surface area contributed by atoms with E-state index >= 15 is 0 Å². The number of benzene rings is 1. The van der Waals surface area contributed by atoms with Crippen molar-refractivity contribution in [3.05, 3.63) is 18.2 Å². The van der Waals surface area contributed by atoms with Crippen molar-refractivity contribution in [3.8, 4) is 18.1 Å². The fraction of sp³-hybridized carbons (Fsp3) is 0.308. The number of ether oxygens (including phenoxy) is 2. The molecule has 0 aromatic heterocycles. The molecule has 1 aromatic rings. The normalized spacial score (nSPS) is 12.1. The number of thiocarbonyl (C=S) groups is 1. The molecule has 0 aliphatic heterocycles. The SMILES string of the molecule is C#CC(C)Oc1ccc(NC(=S)OC)cc1S(C)(=O)=O. The van der Waals surface area contributed by atoms with Crippen molar-refractivity contribution in [1.82, 2.24) is 0 Å². The maximum atomic E-state index is 11.8. The topological polar surface area (TPSA) is 64.6 Å². The van der Waals surface area contributed by atoms with Gasteiger partial charge in [-0.2, -0.15) is 0 Å². The first-order valence-corrected chi connectivity index (χ1v) is 7.89. The molecule has 0 fully saturated rings. The quantitative estimate of drug-likeness (QED) is 0.676. The largest absolute Gasteiger partial charge is 0.477 e. The number of sulfone groups is 1. The van der Waals surface area contributed by atoms with Gasteiger partial charge < -0.3 is 14.8 Å². The molecule has 0 radical (unpaired) electrons. The van der Waals surface area contributed by atoms with Crippen LogP contribution in [0.15, 0.2) is 23.1 Å². The second kappa shape index (κ2) is 6.59. The molecule has 0 aliphatic carbocycles. The van der Waals surface area contributed by atoms with Gasteiger partial charge in [0.15, 0.2) is 15.9 Å². The van der Waals surface area contributed by atoms with Gasteiger partial charge in [-0.05, 0) is 37.3 Å². The first-order chi connectivity index (χ1) is 9.27. The Labute approximate surface area is 124 Å². The summed E-state index contributed by atoms with van der Waals surface area (Å²) >= 11 is 4.85. The molecule has 1 N–H and O–H groups in total. The molecule has 0 aliphatic rings. The molecule has 0 saturated heterocycles. The van der Waals surface area contributed by atoms with Crippen molar-refractivity contribution < 1.29 is 17.9 Å². The molecule has 0 amide bonds. The van der Waals surface area contributed by atoms with Gasteiger partial charge in [0, 0.05) is 11.9 Å². The summed E-state index contributed by atoms with van der Waals surface area (Å²) in [6, 6.07) is 4.56. The van der Waals surface area contributed by atoms with Gasteiger partial charge in [-0.3, -0.25) is 0 Å². The number of hydrogen-bond acceptors (Lipinski definition) is 5. The van der Waals surface area contributed by atoms with Gasteiger partial charge in [0.05, 0.1) is 7.11 Å². The monoisotopic (exact) mass is 313 g/mol. The summed E-state index contributed by atoms with van der Waals surface area (Å²) < 4.78 is 33.8. The zero-order valence-electron chi connectivity index (χ0n) is 11.3. The molecule has 1 aromatic carbocycles. The molecule has 0 spiro atoms. The number of methoxy groups -OCH3 is 1. The molecule has 5 nitrogen and oxygen atoms in total. The first-order valence-electron chi connectivity index (χ1n) is 5.59. The molecule has 0 saturated carbocycles. The van der Waals surface area contributed by atoms with Crippen LogP contribution in [0, 0.1) is 12.3 Å². The Kier molecular flexibility index (Phi) is 5.36. The maximum absolute atomic E-state index is 11.8. The number of anilines is 1. The van der Waals surface area contributed by atoms with Crippen LogP contribution in [0.4, 0.5) is 5.69 Å². The molecular formula is C13H15NO4S2. The minimum absolute atomic E-state index is 0.0310. The molecule has 20 heavy (non-hydrogen) atoms. The lowest BCUT2D eigenvalue weighted by Gasteiger charge is -2.14. The van der Waals surface area contributed by atoms with Crippen LogP contribution in [-0.4, -0.2) is 33.1 Å². The Morgan fingerprint density at radius 1 is 1.50 bits per heavy atom. The first kappa shape index (κ1) is 16.3. The van der Waals surface area contributed by atoms with Gasteiger partial charge >= 0.3 is 0 Å². The Morgan fingerprint density at radius 2 is 2.15 bits per heavy atom. The van der Waals surface area contributed by atoms with E-state index in [2.05, 4.69) is 11.2 Å². The van der Waals surface area contributed by atoms with Gasteiger partial charge in [-0.15, -0.1) is 6.42 Å². The zero-order chi connectivity index (χ0) is 15.3. The summed E-state index contributed by atoms with van der Waals surface area (Å²) in [7, 11) is -2.05. The van der Waals surface area contributed by atoms with Crippen LogP contribution in [0.1, 0.15) is 6.92 Å². The summed E-state index contributed by atoms with van der Waals surface area (Å²) in [6.45, 7) is 1.65. The summed E-state index contributed by atoms with van der Waals surface area (Å²) in [6.07, 6.45) is 5.78. The highest BCUT2D eigenvalue weighted by molar-refractivity contribution is 7.90. The second-order valence-corrected chi connectivity index (χ2v) is 6.33. The highest BCUT2D eigenvalue weighted by Gasteiger charge is 2.17. The standard InChI is InChI=1S/C13H15NO4S2/c1-5-9(2)18-11-7-6-10(14-13(19)17-3)8-12(11)20(4,15)16/h1,6-9H,2-4H3,(H,14,19). The highest BCUT2D eigenvalue weighted by atomic mass is 32.2. The highest BCUT2D eigenvalue weighted by Crippen LogP contribution is 2.28. The Bertz CT molecular complexity index is 647. The van der Waals surface area contributed by atoms with E-state index in [9.17, 15) is 8.42 Å². The van der Waals surface area contributed by atoms with Crippen molar-refractivity contribution in [1.29, 1.82) is 0 Å². The lowest BCUT2D eigenvalue weighted by atomic mass is 10.3. The van der Waals surface area contributed by atoms with E-state index < -0.39 is 15.9 Å². The third kappa shape index (κ3) is 4.40. The summed E-state index contributed by atoms with van der Waals surface area (Å²) in [5, 5.41) is 2.88.